The van der Waals surface area contributed by atoms with Gasteiger partial charge in [-0.25, -0.2) is 0 Å². The molecule has 1 heterocycles. The minimum atomic E-state index is -0.0600. The molecule has 1 atom stereocenters. The fraction of sp³-hybridized carbons (Fsp3) is 0.462. The highest BCUT2D eigenvalue weighted by molar-refractivity contribution is 9.10. The molecule has 0 saturated carbocycles. The van der Waals surface area contributed by atoms with E-state index in [1.54, 1.807) is 17.0 Å². The third-order valence-electron chi connectivity index (χ3n) is 2.93. The average molecular weight is 314 g/mol. The standard InChI is InChI=1S/C13H16BrNO3/c1-9-8-15(5-2-6-18-9)13(17)10-3-4-11(14)12(16)7-10/h3-4,7,9,16H,2,5-6,8H2,1H3. The summed E-state index contributed by atoms with van der Waals surface area (Å²) in [7, 11) is 0. The highest BCUT2D eigenvalue weighted by Gasteiger charge is 2.21. The maximum atomic E-state index is 12.3. The number of hydrogen-bond donors (Lipinski definition) is 1. The van der Waals surface area contributed by atoms with Gasteiger partial charge >= 0.3 is 0 Å². The van der Waals surface area contributed by atoms with Crippen molar-refractivity contribution in [3.63, 3.8) is 0 Å². The Balaban J connectivity index is 2.16. The SMILES string of the molecule is CC1CN(C(=O)c2ccc(Br)c(O)c2)CCCO1. The van der Waals surface area contributed by atoms with Crippen LogP contribution in [0, 0.1) is 0 Å². The van der Waals surface area contributed by atoms with Crippen LogP contribution in [0.1, 0.15) is 23.7 Å². The summed E-state index contributed by atoms with van der Waals surface area (Å²) >= 11 is 3.20. The van der Waals surface area contributed by atoms with Crippen LogP contribution in [0.5, 0.6) is 5.75 Å². The van der Waals surface area contributed by atoms with Crippen molar-refractivity contribution < 1.29 is 14.6 Å². The van der Waals surface area contributed by atoms with Gasteiger partial charge in [0.2, 0.25) is 0 Å². The monoisotopic (exact) mass is 313 g/mol. The van der Waals surface area contributed by atoms with Crippen LogP contribution in [0.4, 0.5) is 0 Å². The van der Waals surface area contributed by atoms with E-state index in [1.807, 2.05) is 6.92 Å². The molecular formula is C13H16BrNO3. The Labute approximate surface area is 115 Å². The molecule has 18 heavy (non-hydrogen) atoms. The summed E-state index contributed by atoms with van der Waals surface area (Å²) in [5, 5.41) is 9.61. The van der Waals surface area contributed by atoms with E-state index in [9.17, 15) is 9.90 Å². The summed E-state index contributed by atoms with van der Waals surface area (Å²) < 4.78 is 6.10. The first-order chi connectivity index (χ1) is 8.58. The maximum absolute atomic E-state index is 12.3. The van der Waals surface area contributed by atoms with E-state index in [0.717, 1.165) is 6.42 Å². The number of rotatable bonds is 1. The Morgan fingerprint density at radius 1 is 1.56 bits per heavy atom. The van der Waals surface area contributed by atoms with Crippen molar-refractivity contribution in [3.8, 4) is 5.75 Å². The quantitative estimate of drug-likeness (QED) is 0.866. The van der Waals surface area contributed by atoms with Crippen molar-refractivity contribution in [3.05, 3.63) is 28.2 Å². The van der Waals surface area contributed by atoms with Crippen LogP contribution >= 0.6 is 15.9 Å². The molecule has 0 radical (unpaired) electrons. The van der Waals surface area contributed by atoms with Crippen molar-refractivity contribution in [1.82, 2.24) is 4.90 Å². The summed E-state index contributed by atoms with van der Waals surface area (Å²) in [6.07, 6.45) is 0.902. The van der Waals surface area contributed by atoms with Crippen LogP contribution in [0.15, 0.2) is 22.7 Å². The Morgan fingerprint density at radius 3 is 3.06 bits per heavy atom. The zero-order chi connectivity index (χ0) is 13.1. The zero-order valence-corrected chi connectivity index (χ0v) is 11.8. The van der Waals surface area contributed by atoms with E-state index in [4.69, 9.17) is 4.74 Å². The van der Waals surface area contributed by atoms with E-state index < -0.39 is 0 Å². The number of amides is 1. The predicted molar refractivity (Wildman–Crippen MR) is 71.7 cm³/mol. The van der Waals surface area contributed by atoms with E-state index in [1.165, 1.54) is 6.07 Å². The lowest BCUT2D eigenvalue weighted by atomic mass is 10.1. The molecule has 0 spiro atoms. The molecular weight excluding hydrogens is 298 g/mol. The highest BCUT2D eigenvalue weighted by atomic mass is 79.9. The number of phenols is 1. The summed E-state index contributed by atoms with van der Waals surface area (Å²) in [6.45, 7) is 3.94. The molecule has 2 rings (SSSR count). The van der Waals surface area contributed by atoms with Gasteiger partial charge in [0.1, 0.15) is 5.75 Å². The number of benzene rings is 1. The van der Waals surface area contributed by atoms with E-state index in [0.29, 0.717) is 29.7 Å². The van der Waals surface area contributed by atoms with Crippen molar-refractivity contribution in [1.29, 1.82) is 0 Å². The predicted octanol–water partition coefficient (Wildman–Crippen LogP) is 2.41. The summed E-state index contributed by atoms with van der Waals surface area (Å²) in [6, 6.07) is 4.88. The first-order valence-electron chi connectivity index (χ1n) is 5.97. The largest absolute Gasteiger partial charge is 0.507 e. The lowest BCUT2D eigenvalue weighted by molar-refractivity contribution is 0.0562. The molecule has 1 amide bonds. The molecule has 0 aliphatic carbocycles. The third kappa shape index (κ3) is 3.03. The average Bonchev–Trinajstić information content (AvgIpc) is 2.56. The van der Waals surface area contributed by atoms with Gasteiger partial charge in [-0.15, -0.1) is 0 Å². The van der Waals surface area contributed by atoms with E-state index >= 15 is 0 Å². The van der Waals surface area contributed by atoms with Crippen LogP contribution in [-0.2, 0) is 4.74 Å². The third-order valence-corrected chi connectivity index (χ3v) is 3.60. The molecule has 1 aromatic carbocycles. The molecule has 5 heteroatoms. The second-order valence-electron chi connectivity index (χ2n) is 4.45. The molecule has 1 saturated heterocycles. The number of aromatic hydroxyl groups is 1. The van der Waals surface area contributed by atoms with Crippen LogP contribution in [0.25, 0.3) is 0 Å². The van der Waals surface area contributed by atoms with Gasteiger partial charge in [0, 0.05) is 25.3 Å². The van der Waals surface area contributed by atoms with Crippen molar-refractivity contribution >= 4 is 21.8 Å². The molecule has 1 aromatic rings. The molecule has 1 aliphatic heterocycles. The summed E-state index contributed by atoms with van der Waals surface area (Å²) in [4.78, 5) is 14.1. The Morgan fingerprint density at radius 2 is 2.33 bits per heavy atom. The van der Waals surface area contributed by atoms with Crippen molar-refractivity contribution in [2.45, 2.75) is 19.4 Å². The van der Waals surface area contributed by atoms with Crippen LogP contribution < -0.4 is 0 Å². The molecule has 1 N–H and O–H groups in total. The van der Waals surface area contributed by atoms with E-state index in [2.05, 4.69) is 15.9 Å². The first-order valence-corrected chi connectivity index (χ1v) is 6.76. The number of halogens is 1. The normalized spacial score (nSPS) is 20.6. The highest BCUT2D eigenvalue weighted by Crippen LogP contribution is 2.25. The number of hydrogen-bond acceptors (Lipinski definition) is 3. The Bertz CT molecular complexity index is 450. The Hall–Kier alpha value is -1.07. The summed E-state index contributed by atoms with van der Waals surface area (Å²) in [5.74, 6) is 0.0233. The lowest BCUT2D eigenvalue weighted by Gasteiger charge is -2.22. The van der Waals surface area contributed by atoms with Crippen molar-refractivity contribution in [2.75, 3.05) is 19.7 Å². The number of carbonyl (C=O) groups excluding carboxylic acids is 1. The van der Waals surface area contributed by atoms with Gasteiger partial charge in [-0.05, 0) is 47.5 Å². The Kier molecular flexibility index (Phi) is 4.24. The van der Waals surface area contributed by atoms with E-state index in [-0.39, 0.29) is 17.8 Å². The van der Waals surface area contributed by atoms with Gasteiger partial charge in [0.05, 0.1) is 10.6 Å². The number of ether oxygens (including phenoxy) is 1. The minimum Gasteiger partial charge on any atom is -0.507 e. The topological polar surface area (TPSA) is 49.8 Å². The first kappa shape index (κ1) is 13.4. The molecule has 0 aromatic heterocycles. The summed E-state index contributed by atoms with van der Waals surface area (Å²) in [5.41, 5.74) is 0.504. The molecule has 0 bridgehead atoms. The number of phenolic OH excluding ortho intramolecular Hbond substituents is 1. The zero-order valence-electron chi connectivity index (χ0n) is 10.2. The number of nitrogens with zero attached hydrogens (tertiary/aromatic N) is 1. The molecule has 4 nitrogen and oxygen atoms in total. The fourth-order valence-corrected chi connectivity index (χ4v) is 2.25. The van der Waals surface area contributed by atoms with Gasteiger partial charge in [-0.2, -0.15) is 0 Å². The van der Waals surface area contributed by atoms with Crippen molar-refractivity contribution in [2.24, 2.45) is 0 Å². The number of carbonyl (C=O) groups is 1. The fourth-order valence-electron chi connectivity index (χ4n) is 2.01. The van der Waals surface area contributed by atoms with Crippen LogP contribution in [-0.4, -0.2) is 41.7 Å². The van der Waals surface area contributed by atoms with Crippen LogP contribution in [0.3, 0.4) is 0 Å². The second kappa shape index (κ2) is 5.71. The maximum Gasteiger partial charge on any atom is 0.254 e. The molecule has 1 aliphatic rings. The van der Waals surface area contributed by atoms with Gasteiger partial charge in [-0.1, -0.05) is 0 Å². The van der Waals surface area contributed by atoms with Gasteiger partial charge in [-0.3, -0.25) is 4.79 Å². The molecule has 98 valence electrons. The van der Waals surface area contributed by atoms with Gasteiger partial charge < -0.3 is 14.7 Å². The molecule has 1 unspecified atom stereocenters. The van der Waals surface area contributed by atoms with Gasteiger partial charge in [0.15, 0.2) is 0 Å². The molecule has 1 fully saturated rings. The lowest BCUT2D eigenvalue weighted by Crippen LogP contribution is -2.35. The van der Waals surface area contributed by atoms with Crippen LogP contribution in [0.2, 0.25) is 0 Å². The minimum absolute atomic E-state index is 0.0560. The second-order valence-corrected chi connectivity index (χ2v) is 5.31. The smallest absolute Gasteiger partial charge is 0.254 e. The van der Waals surface area contributed by atoms with Gasteiger partial charge in [0.25, 0.3) is 5.91 Å².